The molecule has 1 N–H and O–H groups in total. The first-order valence-corrected chi connectivity index (χ1v) is 9.40. The van der Waals surface area contributed by atoms with Gasteiger partial charge < -0.3 is 14.5 Å². The third-order valence-electron chi connectivity index (χ3n) is 4.85. The van der Waals surface area contributed by atoms with E-state index in [0.717, 1.165) is 56.1 Å². The molecule has 140 valence electrons. The van der Waals surface area contributed by atoms with Gasteiger partial charge >= 0.3 is 0 Å². The number of methoxy groups -OCH3 is 1. The molecule has 1 saturated heterocycles. The van der Waals surface area contributed by atoms with Crippen LogP contribution in [0, 0.1) is 5.92 Å². The first kappa shape index (κ1) is 18.8. The molecule has 2 aromatic rings. The Hall–Kier alpha value is -1.98. The molecule has 1 aliphatic heterocycles. The first-order chi connectivity index (χ1) is 12.6. The van der Waals surface area contributed by atoms with Crippen LogP contribution < -0.4 is 10.1 Å². The average molecular weight is 377 g/mol. The Bertz CT molecular complexity index is 723. The number of ether oxygens (including phenoxy) is 1. The van der Waals surface area contributed by atoms with Crippen molar-refractivity contribution in [3.8, 4) is 5.75 Å². The lowest BCUT2D eigenvalue weighted by atomic mass is 9.92. The molecule has 0 unspecified atom stereocenters. The molecular weight excluding hydrogens is 352 g/mol. The molecule has 1 fully saturated rings. The van der Waals surface area contributed by atoms with Crippen LogP contribution in [0.4, 0.5) is 5.69 Å². The Labute approximate surface area is 159 Å². The van der Waals surface area contributed by atoms with E-state index in [2.05, 4.69) is 10.2 Å². The third kappa shape index (κ3) is 5.51. The zero-order valence-electron chi connectivity index (χ0n) is 15.0. The highest BCUT2D eigenvalue weighted by molar-refractivity contribution is 6.28. The number of nitrogens with zero attached hydrogens (tertiary/aromatic N) is 1. The number of carbonyl (C=O) groups is 1. The largest absolute Gasteiger partial charge is 0.497 e. The van der Waals surface area contributed by atoms with Crippen molar-refractivity contribution in [3.05, 3.63) is 47.4 Å². The lowest BCUT2D eigenvalue weighted by Crippen LogP contribution is -2.33. The number of hydrogen-bond donors (Lipinski definition) is 1. The van der Waals surface area contributed by atoms with Gasteiger partial charge in [-0.1, -0.05) is 6.07 Å². The highest BCUT2D eigenvalue weighted by Gasteiger charge is 2.20. The SMILES string of the molecule is COc1cccc(NC(=O)CCC2CCN(Cc3ccc(Cl)o3)CC2)c1. The number of benzene rings is 1. The van der Waals surface area contributed by atoms with Gasteiger partial charge in [-0.3, -0.25) is 9.69 Å². The number of rotatable bonds is 7. The summed E-state index contributed by atoms with van der Waals surface area (Å²) in [4.78, 5) is 14.6. The molecule has 0 bridgehead atoms. The van der Waals surface area contributed by atoms with Crippen molar-refractivity contribution in [1.29, 1.82) is 0 Å². The summed E-state index contributed by atoms with van der Waals surface area (Å²) in [5.41, 5.74) is 0.779. The molecule has 1 amide bonds. The van der Waals surface area contributed by atoms with Crippen molar-refractivity contribution >= 4 is 23.2 Å². The Morgan fingerprint density at radius 3 is 2.81 bits per heavy atom. The van der Waals surface area contributed by atoms with Gasteiger partial charge in [-0.25, -0.2) is 0 Å². The van der Waals surface area contributed by atoms with E-state index in [9.17, 15) is 4.79 Å². The van der Waals surface area contributed by atoms with Crippen LogP contribution in [0.25, 0.3) is 0 Å². The summed E-state index contributed by atoms with van der Waals surface area (Å²) in [6.07, 6.45) is 3.70. The fourth-order valence-corrected chi connectivity index (χ4v) is 3.51. The molecule has 0 aliphatic carbocycles. The normalized spacial score (nSPS) is 15.8. The van der Waals surface area contributed by atoms with E-state index in [4.69, 9.17) is 20.8 Å². The molecule has 6 heteroatoms. The summed E-state index contributed by atoms with van der Waals surface area (Å²) in [7, 11) is 1.62. The van der Waals surface area contributed by atoms with Crippen molar-refractivity contribution in [2.45, 2.75) is 32.2 Å². The number of furan rings is 1. The van der Waals surface area contributed by atoms with E-state index >= 15 is 0 Å². The van der Waals surface area contributed by atoms with E-state index in [1.165, 1.54) is 0 Å². The summed E-state index contributed by atoms with van der Waals surface area (Å²) < 4.78 is 10.6. The topological polar surface area (TPSA) is 54.7 Å². The average Bonchev–Trinajstić information content (AvgIpc) is 3.06. The molecule has 0 saturated carbocycles. The maximum Gasteiger partial charge on any atom is 0.224 e. The molecule has 5 nitrogen and oxygen atoms in total. The third-order valence-corrected chi connectivity index (χ3v) is 5.05. The number of carbonyl (C=O) groups excluding carboxylic acids is 1. The van der Waals surface area contributed by atoms with Gasteiger partial charge in [-0.15, -0.1) is 0 Å². The minimum Gasteiger partial charge on any atom is -0.497 e. The number of likely N-dealkylation sites (tertiary alicyclic amines) is 1. The summed E-state index contributed by atoms with van der Waals surface area (Å²) in [6, 6.07) is 11.1. The van der Waals surface area contributed by atoms with Crippen molar-refractivity contribution in [1.82, 2.24) is 4.90 Å². The van der Waals surface area contributed by atoms with Crippen LogP contribution in [0.2, 0.25) is 5.22 Å². The van der Waals surface area contributed by atoms with Gasteiger partial charge in [0, 0.05) is 18.2 Å². The monoisotopic (exact) mass is 376 g/mol. The Balaban J connectivity index is 1.37. The van der Waals surface area contributed by atoms with Gasteiger partial charge in [0.25, 0.3) is 0 Å². The van der Waals surface area contributed by atoms with E-state index in [1.807, 2.05) is 30.3 Å². The summed E-state index contributed by atoms with van der Waals surface area (Å²) in [6.45, 7) is 2.86. The molecule has 2 heterocycles. The molecular formula is C20H25ClN2O3. The van der Waals surface area contributed by atoms with Gasteiger partial charge in [0.15, 0.2) is 5.22 Å². The van der Waals surface area contributed by atoms with Crippen molar-refractivity contribution in [2.24, 2.45) is 5.92 Å². The summed E-state index contributed by atoms with van der Waals surface area (Å²) >= 11 is 5.82. The quantitative estimate of drug-likeness (QED) is 0.768. The standard InChI is InChI=1S/C20H25ClN2O3/c1-25-17-4-2-3-16(13-17)22-20(24)8-5-15-9-11-23(12-10-15)14-18-6-7-19(21)26-18/h2-4,6-7,13,15H,5,8-12,14H2,1H3,(H,22,24). The molecule has 26 heavy (non-hydrogen) atoms. The van der Waals surface area contributed by atoms with Crippen LogP contribution in [-0.4, -0.2) is 31.0 Å². The van der Waals surface area contributed by atoms with Crippen LogP contribution in [0.3, 0.4) is 0 Å². The van der Waals surface area contributed by atoms with Crippen LogP contribution >= 0.6 is 11.6 Å². The van der Waals surface area contributed by atoms with E-state index in [-0.39, 0.29) is 5.91 Å². The second kappa shape index (κ2) is 9.10. The lowest BCUT2D eigenvalue weighted by Gasteiger charge is -2.31. The summed E-state index contributed by atoms with van der Waals surface area (Å²) in [5.74, 6) is 2.31. The maximum absolute atomic E-state index is 12.2. The molecule has 1 aromatic carbocycles. The van der Waals surface area contributed by atoms with Gasteiger partial charge in [-0.05, 0) is 74.1 Å². The second-order valence-corrected chi connectivity index (χ2v) is 7.12. The van der Waals surface area contributed by atoms with Crippen LogP contribution in [0.5, 0.6) is 5.75 Å². The van der Waals surface area contributed by atoms with Crippen molar-refractivity contribution in [2.75, 3.05) is 25.5 Å². The second-order valence-electron chi connectivity index (χ2n) is 6.74. The first-order valence-electron chi connectivity index (χ1n) is 9.03. The Morgan fingerprint density at radius 2 is 2.12 bits per heavy atom. The predicted octanol–water partition coefficient (Wildman–Crippen LogP) is 4.57. The van der Waals surface area contributed by atoms with Crippen molar-refractivity contribution in [3.63, 3.8) is 0 Å². The minimum atomic E-state index is 0.0610. The molecule has 0 spiro atoms. The Morgan fingerprint density at radius 1 is 1.31 bits per heavy atom. The zero-order chi connectivity index (χ0) is 18.4. The van der Waals surface area contributed by atoms with E-state index < -0.39 is 0 Å². The lowest BCUT2D eigenvalue weighted by molar-refractivity contribution is -0.116. The number of hydrogen-bond acceptors (Lipinski definition) is 4. The van der Waals surface area contributed by atoms with Gasteiger partial charge in [0.2, 0.25) is 5.91 Å². The number of nitrogens with one attached hydrogen (secondary N) is 1. The zero-order valence-corrected chi connectivity index (χ0v) is 15.8. The maximum atomic E-state index is 12.2. The van der Waals surface area contributed by atoms with Crippen LogP contribution in [-0.2, 0) is 11.3 Å². The Kier molecular flexibility index (Phi) is 6.58. The number of halogens is 1. The molecule has 3 rings (SSSR count). The van der Waals surface area contributed by atoms with Gasteiger partial charge in [-0.2, -0.15) is 0 Å². The number of amides is 1. The van der Waals surface area contributed by atoms with Crippen LogP contribution in [0.15, 0.2) is 40.8 Å². The molecule has 0 atom stereocenters. The fraction of sp³-hybridized carbons (Fsp3) is 0.450. The highest BCUT2D eigenvalue weighted by atomic mass is 35.5. The predicted molar refractivity (Wildman–Crippen MR) is 103 cm³/mol. The number of piperidine rings is 1. The molecule has 1 aromatic heterocycles. The molecule has 0 radical (unpaired) electrons. The van der Waals surface area contributed by atoms with Crippen molar-refractivity contribution < 1.29 is 13.9 Å². The highest BCUT2D eigenvalue weighted by Crippen LogP contribution is 2.24. The van der Waals surface area contributed by atoms with Gasteiger partial charge in [0.05, 0.1) is 13.7 Å². The molecule has 1 aliphatic rings. The van der Waals surface area contributed by atoms with Crippen LogP contribution in [0.1, 0.15) is 31.4 Å². The van der Waals surface area contributed by atoms with E-state index in [1.54, 1.807) is 13.2 Å². The van der Waals surface area contributed by atoms with Gasteiger partial charge in [0.1, 0.15) is 11.5 Å². The van der Waals surface area contributed by atoms with E-state index in [0.29, 0.717) is 17.6 Å². The minimum absolute atomic E-state index is 0.0610. The summed E-state index contributed by atoms with van der Waals surface area (Å²) in [5, 5.41) is 3.39. The fourth-order valence-electron chi connectivity index (χ4n) is 3.35. The number of anilines is 1. The smallest absolute Gasteiger partial charge is 0.224 e.